The Morgan fingerprint density at radius 3 is 2.18 bits per heavy atom. The molecule has 0 heterocycles. The van der Waals surface area contributed by atoms with E-state index in [1.165, 1.54) is 0 Å². The van der Waals surface area contributed by atoms with Gasteiger partial charge >= 0.3 is 13.8 Å². The van der Waals surface area contributed by atoms with Crippen LogP contribution in [-0.4, -0.2) is 76.1 Å². The average Bonchev–Trinajstić information content (AvgIpc) is 2.35. The Balaban J connectivity index is 3.63. The number of nitrogens with zero attached hydrogens (tertiary/aromatic N) is 1. The van der Waals surface area contributed by atoms with E-state index >= 15 is 0 Å². The Morgan fingerprint density at radius 1 is 1.09 bits per heavy atom. The normalized spacial score (nSPS) is 14.4. The van der Waals surface area contributed by atoms with Crippen molar-refractivity contribution in [1.82, 2.24) is 0 Å². The molecule has 0 amide bonds. The van der Waals surface area contributed by atoms with Gasteiger partial charge in [-0.05, 0) is 6.92 Å². The summed E-state index contributed by atoms with van der Waals surface area (Å²) in [6.07, 6.45) is 0. The predicted octanol–water partition coefficient (Wildman–Crippen LogP) is 0.962. The minimum absolute atomic E-state index is 0.0858. The van der Waals surface area contributed by atoms with Crippen molar-refractivity contribution in [2.75, 3.05) is 60.7 Å². The molecule has 0 aromatic rings. The van der Waals surface area contributed by atoms with Crippen LogP contribution in [0.5, 0.6) is 0 Å². The van der Waals surface area contributed by atoms with Gasteiger partial charge in [0.25, 0.3) is 0 Å². The zero-order chi connectivity index (χ0) is 17.2. The largest absolute Gasteiger partial charge is 0.472 e. The first-order valence-electron chi connectivity index (χ1n) is 6.86. The molecule has 0 aromatic carbocycles. The summed E-state index contributed by atoms with van der Waals surface area (Å²) in [5.41, 5.74) is 0.315. The van der Waals surface area contributed by atoms with Gasteiger partial charge in [0.05, 0.1) is 41.0 Å². The molecule has 22 heavy (non-hydrogen) atoms. The fraction of sp³-hybridized carbons (Fsp3) is 0.769. The Bertz CT molecular complexity index is 406. The summed E-state index contributed by atoms with van der Waals surface area (Å²) in [5.74, 6) is -0.481. The van der Waals surface area contributed by atoms with E-state index in [0.29, 0.717) is 16.6 Å². The molecule has 1 N–H and O–H groups in total. The molecular formula is C13H27NO7P+. The van der Waals surface area contributed by atoms with E-state index < -0.39 is 13.8 Å². The molecule has 1 atom stereocenters. The second kappa shape index (κ2) is 10.1. The van der Waals surface area contributed by atoms with Gasteiger partial charge < -0.3 is 18.9 Å². The maximum absolute atomic E-state index is 11.5. The number of phosphoric acid groups is 1. The van der Waals surface area contributed by atoms with Gasteiger partial charge in [-0.25, -0.2) is 9.36 Å². The molecule has 0 aromatic heterocycles. The predicted molar refractivity (Wildman–Crippen MR) is 81.2 cm³/mol. The first kappa shape index (κ1) is 21.2. The summed E-state index contributed by atoms with van der Waals surface area (Å²) in [4.78, 5) is 20.5. The number of likely N-dealkylation sites (N-methyl/N-ethyl adjacent to an activating group) is 1. The van der Waals surface area contributed by atoms with Crippen LogP contribution >= 0.6 is 7.82 Å². The van der Waals surface area contributed by atoms with E-state index in [-0.39, 0.29) is 33.0 Å². The van der Waals surface area contributed by atoms with Crippen molar-refractivity contribution in [2.45, 2.75) is 6.92 Å². The van der Waals surface area contributed by atoms with Crippen molar-refractivity contribution >= 4 is 13.8 Å². The number of hydrogen-bond acceptors (Lipinski definition) is 6. The van der Waals surface area contributed by atoms with Crippen LogP contribution in [0.2, 0.25) is 0 Å². The summed E-state index contributed by atoms with van der Waals surface area (Å²) >= 11 is 0. The average molecular weight is 340 g/mol. The fourth-order valence-corrected chi connectivity index (χ4v) is 1.79. The minimum atomic E-state index is -4.05. The van der Waals surface area contributed by atoms with Crippen LogP contribution in [0.25, 0.3) is 0 Å². The van der Waals surface area contributed by atoms with Gasteiger partial charge in [0.15, 0.2) is 0 Å². The first-order chi connectivity index (χ1) is 10.0. The van der Waals surface area contributed by atoms with Crippen LogP contribution in [0.15, 0.2) is 12.2 Å². The van der Waals surface area contributed by atoms with Crippen molar-refractivity contribution in [3.63, 3.8) is 0 Å². The van der Waals surface area contributed by atoms with Crippen molar-refractivity contribution in [2.24, 2.45) is 0 Å². The lowest BCUT2D eigenvalue weighted by Gasteiger charge is -2.24. The molecule has 0 fully saturated rings. The zero-order valence-corrected chi connectivity index (χ0v) is 14.6. The number of phosphoric ester groups is 1. The Morgan fingerprint density at radius 2 is 1.64 bits per heavy atom. The second-order valence-electron chi connectivity index (χ2n) is 5.68. The molecule has 0 aliphatic heterocycles. The van der Waals surface area contributed by atoms with E-state index in [4.69, 9.17) is 18.5 Å². The van der Waals surface area contributed by atoms with Gasteiger partial charge in [-0.3, -0.25) is 9.05 Å². The standard InChI is InChI=1S/C13H26NO7P/c1-12(2)13(15)19-10-8-18-9-11-21-22(16,17)20-7-6-14(3,4)5/h1,6-11H2,2-5H3/p+1. The maximum Gasteiger partial charge on any atom is 0.472 e. The highest BCUT2D eigenvalue weighted by Crippen LogP contribution is 2.42. The SMILES string of the molecule is C=C(C)C(=O)OCCOCCOP(=O)(O)OCC[N+](C)(C)C. The summed E-state index contributed by atoms with van der Waals surface area (Å²) in [6, 6.07) is 0. The molecule has 0 aliphatic rings. The number of quaternary nitrogens is 1. The van der Waals surface area contributed by atoms with Crippen molar-refractivity contribution < 1.29 is 37.3 Å². The van der Waals surface area contributed by atoms with Crippen LogP contribution in [0.1, 0.15) is 6.92 Å². The lowest BCUT2D eigenvalue weighted by molar-refractivity contribution is -0.870. The highest BCUT2D eigenvalue weighted by atomic mass is 31.2. The highest BCUT2D eigenvalue weighted by Gasteiger charge is 2.22. The number of hydrogen-bond donors (Lipinski definition) is 1. The van der Waals surface area contributed by atoms with Crippen molar-refractivity contribution in [3.8, 4) is 0 Å². The molecule has 0 saturated carbocycles. The van der Waals surface area contributed by atoms with E-state index in [1.54, 1.807) is 6.92 Å². The van der Waals surface area contributed by atoms with E-state index in [2.05, 4.69) is 6.58 Å². The fourth-order valence-electron chi connectivity index (χ4n) is 1.10. The van der Waals surface area contributed by atoms with Gasteiger partial charge in [0.2, 0.25) is 0 Å². The number of carbonyl (C=O) groups is 1. The third kappa shape index (κ3) is 12.9. The quantitative estimate of drug-likeness (QED) is 0.186. The lowest BCUT2D eigenvalue weighted by atomic mass is 10.4. The minimum Gasteiger partial charge on any atom is -0.460 e. The van der Waals surface area contributed by atoms with Crippen molar-refractivity contribution in [1.29, 1.82) is 0 Å². The Hall–Kier alpha value is -0.760. The van der Waals surface area contributed by atoms with Crippen LogP contribution in [-0.2, 0) is 27.9 Å². The van der Waals surface area contributed by atoms with E-state index in [1.807, 2.05) is 21.1 Å². The lowest BCUT2D eigenvalue weighted by Crippen LogP contribution is -2.37. The summed E-state index contributed by atoms with van der Waals surface area (Å²) in [5, 5.41) is 0. The van der Waals surface area contributed by atoms with Crippen LogP contribution < -0.4 is 0 Å². The molecule has 0 spiro atoms. The number of ether oxygens (including phenoxy) is 2. The molecule has 1 unspecified atom stereocenters. The van der Waals surface area contributed by atoms with E-state index in [0.717, 1.165) is 0 Å². The molecule has 0 saturated heterocycles. The molecule has 0 rings (SSSR count). The number of esters is 1. The second-order valence-corrected chi connectivity index (χ2v) is 7.13. The molecule has 0 aliphatic carbocycles. The monoisotopic (exact) mass is 340 g/mol. The Kier molecular flexibility index (Phi) is 9.75. The van der Waals surface area contributed by atoms with Gasteiger partial charge in [0, 0.05) is 5.57 Å². The topological polar surface area (TPSA) is 91.3 Å². The van der Waals surface area contributed by atoms with Gasteiger partial charge in [-0.2, -0.15) is 0 Å². The molecule has 0 bridgehead atoms. The number of rotatable bonds is 12. The van der Waals surface area contributed by atoms with Gasteiger partial charge in [-0.1, -0.05) is 6.58 Å². The summed E-state index contributed by atoms with van der Waals surface area (Å²) < 4.78 is 31.6. The summed E-state index contributed by atoms with van der Waals surface area (Å²) in [6.45, 7) is 5.95. The smallest absolute Gasteiger partial charge is 0.460 e. The first-order valence-corrected chi connectivity index (χ1v) is 8.36. The molecular weight excluding hydrogens is 313 g/mol. The van der Waals surface area contributed by atoms with Crippen molar-refractivity contribution in [3.05, 3.63) is 12.2 Å². The highest BCUT2D eigenvalue weighted by molar-refractivity contribution is 7.47. The van der Waals surface area contributed by atoms with Gasteiger partial charge in [-0.15, -0.1) is 0 Å². The maximum atomic E-state index is 11.5. The molecule has 130 valence electrons. The third-order valence-corrected chi connectivity index (χ3v) is 3.33. The molecule has 8 nitrogen and oxygen atoms in total. The Labute approximate surface area is 131 Å². The van der Waals surface area contributed by atoms with Crippen LogP contribution in [0.3, 0.4) is 0 Å². The van der Waals surface area contributed by atoms with Crippen LogP contribution in [0.4, 0.5) is 0 Å². The van der Waals surface area contributed by atoms with E-state index in [9.17, 15) is 14.3 Å². The number of carbonyl (C=O) groups excluding carboxylic acids is 1. The third-order valence-electron chi connectivity index (χ3n) is 2.31. The zero-order valence-electron chi connectivity index (χ0n) is 13.7. The van der Waals surface area contributed by atoms with Gasteiger partial charge in [0.1, 0.15) is 19.8 Å². The summed E-state index contributed by atoms with van der Waals surface area (Å²) in [7, 11) is 1.79. The molecule has 9 heteroatoms. The van der Waals surface area contributed by atoms with Crippen LogP contribution in [0, 0.1) is 0 Å². The molecule has 0 radical (unpaired) electrons.